The van der Waals surface area contributed by atoms with Gasteiger partial charge in [-0.25, -0.2) is 4.39 Å². The number of fused-ring (bicyclic) bond motifs is 3. The lowest BCUT2D eigenvalue weighted by Gasteiger charge is -2.46. The SMILES string of the molecule is CC1(C)c2ccccc2N2CC(=O)N(Cc3ccccc3)[C@@]21/C=C/c1ccc(F)cc1. The van der Waals surface area contributed by atoms with Gasteiger partial charge < -0.3 is 9.80 Å². The predicted octanol–water partition coefficient (Wildman–Crippen LogP) is 5.38. The number of para-hydroxylation sites is 1. The van der Waals surface area contributed by atoms with E-state index in [0.717, 1.165) is 16.8 Å². The van der Waals surface area contributed by atoms with Crippen LogP contribution in [0.3, 0.4) is 0 Å². The van der Waals surface area contributed by atoms with Crippen LogP contribution in [0.25, 0.3) is 6.08 Å². The van der Waals surface area contributed by atoms with Gasteiger partial charge >= 0.3 is 0 Å². The summed E-state index contributed by atoms with van der Waals surface area (Å²) in [6.45, 7) is 5.28. The number of anilines is 1. The highest BCUT2D eigenvalue weighted by Gasteiger charge is 2.63. The molecule has 1 atom stereocenters. The van der Waals surface area contributed by atoms with Crippen LogP contribution in [0, 0.1) is 5.82 Å². The molecular formula is C27H25FN2O. The Bertz CT molecular complexity index is 1150. The van der Waals surface area contributed by atoms with Gasteiger partial charge in [0.25, 0.3) is 0 Å². The Balaban J connectivity index is 1.66. The van der Waals surface area contributed by atoms with E-state index in [2.05, 4.69) is 55.2 Å². The molecule has 0 N–H and O–H groups in total. The molecule has 0 radical (unpaired) electrons. The number of amides is 1. The van der Waals surface area contributed by atoms with Gasteiger partial charge in [0.2, 0.25) is 5.91 Å². The first-order valence-electron chi connectivity index (χ1n) is 10.6. The summed E-state index contributed by atoms with van der Waals surface area (Å²) in [6, 6.07) is 24.9. The Morgan fingerprint density at radius 2 is 1.61 bits per heavy atom. The topological polar surface area (TPSA) is 23.6 Å². The summed E-state index contributed by atoms with van der Waals surface area (Å²) in [4.78, 5) is 17.6. The van der Waals surface area contributed by atoms with Gasteiger partial charge in [0.15, 0.2) is 0 Å². The summed E-state index contributed by atoms with van der Waals surface area (Å²) in [5, 5.41) is 0. The molecule has 1 amide bonds. The second-order valence-corrected chi connectivity index (χ2v) is 8.80. The van der Waals surface area contributed by atoms with Crippen molar-refractivity contribution in [2.24, 2.45) is 0 Å². The molecule has 4 heteroatoms. The van der Waals surface area contributed by atoms with E-state index in [1.807, 2.05) is 35.2 Å². The number of hydrogen-bond acceptors (Lipinski definition) is 2. The molecule has 2 heterocycles. The molecule has 3 aromatic carbocycles. The first kappa shape index (κ1) is 19.6. The highest BCUT2D eigenvalue weighted by Crippen LogP contribution is 2.56. The standard InChI is InChI=1S/C27H25FN2O/c1-26(2)23-10-6-7-11-24(23)29-19-25(31)30(18-21-8-4-3-5-9-21)27(26,29)17-16-20-12-14-22(28)15-13-20/h3-17H,18-19H2,1-2H3/b17-16+/t27-/m1/s1. The van der Waals surface area contributed by atoms with Crippen molar-refractivity contribution in [3.63, 3.8) is 0 Å². The fourth-order valence-electron chi connectivity index (χ4n) is 5.21. The van der Waals surface area contributed by atoms with Crippen LogP contribution in [0.4, 0.5) is 10.1 Å². The first-order chi connectivity index (χ1) is 14.9. The molecule has 0 bridgehead atoms. The van der Waals surface area contributed by atoms with Crippen LogP contribution in [0.1, 0.15) is 30.5 Å². The van der Waals surface area contributed by atoms with Gasteiger partial charge in [-0.1, -0.05) is 80.6 Å². The van der Waals surface area contributed by atoms with Crippen molar-refractivity contribution < 1.29 is 9.18 Å². The number of rotatable bonds is 4. The van der Waals surface area contributed by atoms with Crippen molar-refractivity contribution in [3.8, 4) is 0 Å². The number of carbonyl (C=O) groups is 1. The van der Waals surface area contributed by atoms with Crippen LogP contribution in [-0.2, 0) is 16.8 Å². The molecule has 0 unspecified atom stereocenters. The minimum atomic E-state index is -0.655. The van der Waals surface area contributed by atoms with Gasteiger partial charge in [0.1, 0.15) is 11.5 Å². The van der Waals surface area contributed by atoms with E-state index >= 15 is 0 Å². The van der Waals surface area contributed by atoms with Crippen LogP contribution in [-0.4, -0.2) is 23.0 Å². The third kappa shape index (κ3) is 2.89. The van der Waals surface area contributed by atoms with E-state index in [0.29, 0.717) is 13.1 Å². The Morgan fingerprint density at radius 3 is 2.35 bits per heavy atom. The van der Waals surface area contributed by atoms with Crippen molar-refractivity contribution in [1.82, 2.24) is 4.90 Å². The van der Waals surface area contributed by atoms with Crippen molar-refractivity contribution in [2.75, 3.05) is 11.4 Å². The van der Waals surface area contributed by atoms with Crippen LogP contribution in [0.15, 0.2) is 84.9 Å². The maximum absolute atomic E-state index is 13.4. The Hall–Kier alpha value is -3.40. The molecule has 0 spiro atoms. The van der Waals surface area contributed by atoms with E-state index in [1.54, 1.807) is 12.1 Å². The van der Waals surface area contributed by atoms with E-state index in [-0.39, 0.29) is 17.1 Å². The molecule has 156 valence electrons. The molecular weight excluding hydrogens is 387 g/mol. The largest absolute Gasteiger partial charge is 0.335 e. The zero-order chi connectivity index (χ0) is 21.6. The molecule has 0 aromatic heterocycles. The van der Waals surface area contributed by atoms with E-state index in [1.165, 1.54) is 17.7 Å². The summed E-state index contributed by atoms with van der Waals surface area (Å²) in [5.41, 5.74) is 3.32. The first-order valence-corrected chi connectivity index (χ1v) is 10.6. The van der Waals surface area contributed by atoms with Crippen molar-refractivity contribution >= 4 is 17.7 Å². The number of benzene rings is 3. The lowest BCUT2D eigenvalue weighted by molar-refractivity contribution is -0.131. The van der Waals surface area contributed by atoms with Gasteiger partial charge in [-0.15, -0.1) is 0 Å². The average Bonchev–Trinajstić information content (AvgIpc) is 3.16. The van der Waals surface area contributed by atoms with Gasteiger partial charge in [-0.2, -0.15) is 0 Å². The molecule has 31 heavy (non-hydrogen) atoms. The molecule has 3 aromatic rings. The second-order valence-electron chi connectivity index (χ2n) is 8.80. The normalized spacial score (nSPS) is 21.6. The predicted molar refractivity (Wildman–Crippen MR) is 122 cm³/mol. The molecule has 5 rings (SSSR count). The van der Waals surface area contributed by atoms with Gasteiger partial charge in [-0.05, 0) is 41.0 Å². The monoisotopic (exact) mass is 412 g/mol. The van der Waals surface area contributed by atoms with E-state index in [4.69, 9.17) is 0 Å². The fraction of sp³-hybridized carbons (Fsp3) is 0.222. The third-order valence-electron chi connectivity index (χ3n) is 6.77. The lowest BCUT2D eigenvalue weighted by atomic mass is 9.74. The molecule has 1 fully saturated rings. The van der Waals surface area contributed by atoms with E-state index < -0.39 is 5.66 Å². The summed E-state index contributed by atoms with van der Waals surface area (Å²) >= 11 is 0. The molecule has 2 aliphatic heterocycles. The number of carbonyl (C=O) groups excluding carboxylic acids is 1. The van der Waals surface area contributed by atoms with Crippen LogP contribution in [0.5, 0.6) is 0 Å². The number of halogens is 1. The summed E-state index contributed by atoms with van der Waals surface area (Å²) in [7, 11) is 0. The maximum Gasteiger partial charge on any atom is 0.244 e. The lowest BCUT2D eigenvalue weighted by Crippen LogP contribution is -2.60. The summed E-state index contributed by atoms with van der Waals surface area (Å²) < 4.78 is 13.4. The summed E-state index contributed by atoms with van der Waals surface area (Å²) in [6.07, 6.45) is 4.14. The zero-order valence-corrected chi connectivity index (χ0v) is 17.8. The van der Waals surface area contributed by atoms with E-state index in [9.17, 15) is 9.18 Å². The van der Waals surface area contributed by atoms with Gasteiger partial charge in [0, 0.05) is 17.6 Å². The molecule has 0 aliphatic carbocycles. The van der Waals surface area contributed by atoms with Crippen LogP contribution >= 0.6 is 0 Å². The van der Waals surface area contributed by atoms with Crippen LogP contribution < -0.4 is 4.90 Å². The Labute approximate surface area is 182 Å². The maximum atomic E-state index is 13.4. The van der Waals surface area contributed by atoms with Crippen molar-refractivity contribution in [2.45, 2.75) is 31.5 Å². The molecule has 2 aliphatic rings. The molecule has 3 nitrogen and oxygen atoms in total. The highest BCUT2D eigenvalue weighted by atomic mass is 19.1. The Morgan fingerprint density at radius 1 is 0.935 bits per heavy atom. The summed E-state index contributed by atoms with van der Waals surface area (Å²) in [5.74, 6) is -0.150. The van der Waals surface area contributed by atoms with Crippen LogP contribution in [0.2, 0.25) is 0 Å². The average molecular weight is 413 g/mol. The number of hydrogen-bond donors (Lipinski definition) is 0. The van der Waals surface area contributed by atoms with Gasteiger partial charge in [0.05, 0.1) is 6.54 Å². The highest BCUT2D eigenvalue weighted by molar-refractivity contribution is 5.91. The van der Waals surface area contributed by atoms with Gasteiger partial charge in [-0.3, -0.25) is 4.79 Å². The fourth-order valence-corrected chi connectivity index (χ4v) is 5.21. The minimum absolute atomic E-state index is 0.107. The smallest absolute Gasteiger partial charge is 0.244 e. The quantitative estimate of drug-likeness (QED) is 0.575. The zero-order valence-electron chi connectivity index (χ0n) is 17.8. The minimum Gasteiger partial charge on any atom is -0.335 e. The molecule has 1 saturated heterocycles. The molecule has 0 saturated carbocycles. The second kappa shape index (κ2) is 7.09. The van der Waals surface area contributed by atoms with Crippen molar-refractivity contribution in [1.29, 1.82) is 0 Å². The third-order valence-corrected chi connectivity index (χ3v) is 6.77. The number of nitrogens with zero attached hydrogens (tertiary/aromatic N) is 2. The van der Waals surface area contributed by atoms with Crippen molar-refractivity contribution in [3.05, 3.63) is 107 Å². The Kier molecular flexibility index (Phi) is 4.47.